The van der Waals surface area contributed by atoms with Gasteiger partial charge in [-0.05, 0) is 55.6 Å². The van der Waals surface area contributed by atoms with E-state index in [9.17, 15) is 14.4 Å². The minimum atomic E-state index is -0.487. The van der Waals surface area contributed by atoms with Gasteiger partial charge < -0.3 is 14.2 Å². The van der Waals surface area contributed by atoms with Crippen molar-refractivity contribution >= 4 is 22.9 Å². The minimum absolute atomic E-state index is 0.00531. The zero-order valence-corrected chi connectivity index (χ0v) is 18.8. The van der Waals surface area contributed by atoms with Crippen LogP contribution in [0.4, 0.5) is 0 Å². The molecule has 0 radical (unpaired) electrons. The van der Waals surface area contributed by atoms with Crippen molar-refractivity contribution in [3.63, 3.8) is 0 Å². The molecule has 1 aromatic heterocycles. The van der Waals surface area contributed by atoms with Crippen LogP contribution >= 0.6 is 0 Å². The summed E-state index contributed by atoms with van der Waals surface area (Å²) in [5, 5.41) is 0. The summed E-state index contributed by atoms with van der Waals surface area (Å²) in [5.74, 6) is 0.113. The summed E-state index contributed by atoms with van der Waals surface area (Å²) >= 11 is 0. The first kappa shape index (κ1) is 21.3. The number of carbonyl (C=O) groups is 2. The molecule has 7 heteroatoms. The number of likely N-dealkylation sites (tertiary alicyclic amines) is 2. The number of benzene rings is 1. The number of aromatic nitrogens is 1. The molecule has 2 aliphatic heterocycles. The predicted octanol–water partition coefficient (Wildman–Crippen LogP) is 3.41. The standard InChI is InChI=1S/C25H33N3O4/c29-22(26-14-6-7-15-26)11-10-19-16-27(18-25(19)12-4-1-5-13-25)23(30)17-28-20-8-2-3-9-21(20)32-24(28)31/h2-3,8-9,19H,1,4-7,10-18H2. The van der Waals surface area contributed by atoms with Gasteiger partial charge in [-0.2, -0.15) is 0 Å². The maximum absolute atomic E-state index is 13.3. The van der Waals surface area contributed by atoms with Crippen LogP contribution in [0.5, 0.6) is 0 Å². The third-order valence-corrected chi connectivity index (χ3v) is 8.05. The van der Waals surface area contributed by atoms with E-state index in [0.717, 1.165) is 51.7 Å². The molecule has 1 atom stereocenters. The number of hydrogen-bond acceptors (Lipinski definition) is 4. The number of hydrogen-bond donors (Lipinski definition) is 0. The Kier molecular flexibility index (Phi) is 5.82. The van der Waals surface area contributed by atoms with E-state index >= 15 is 0 Å². The van der Waals surface area contributed by atoms with Gasteiger partial charge >= 0.3 is 5.76 Å². The second kappa shape index (κ2) is 8.75. The number of amides is 2. The Hall–Kier alpha value is -2.57. The van der Waals surface area contributed by atoms with E-state index in [0.29, 0.717) is 30.0 Å². The highest BCUT2D eigenvalue weighted by atomic mass is 16.4. The fraction of sp³-hybridized carbons (Fsp3) is 0.640. The van der Waals surface area contributed by atoms with Gasteiger partial charge in [0.05, 0.1) is 5.52 Å². The molecule has 3 fully saturated rings. The van der Waals surface area contributed by atoms with Crippen LogP contribution < -0.4 is 5.76 Å². The van der Waals surface area contributed by atoms with Crippen LogP contribution in [-0.4, -0.2) is 52.4 Å². The zero-order valence-electron chi connectivity index (χ0n) is 18.8. The van der Waals surface area contributed by atoms with Crippen LogP contribution in [-0.2, 0) is 16.1 Å². The molecule has 1 unspecified atom stereocenters. The van der Waals surface area contributed by atoms with Crippen molar-refractivity contribution in [1.29, 1.82) is 0 Å². The van der Waals surface area contributed by atoms with Crippen LogP contribution in [0.2, 0.25) is 0 Å². The fourth-order valence-corrected chi connectivity index (χ4v) is 6.26. The summed E-state index contributed by atoms with van der Waals surface area (Å²) < 4.78 is 6.74. The topological polar surface area (TPSA) is 75.8 Å². The van der Waals surface area contributed by atoms with Crippen molar-refractivity contribution in [3.8, 4) is 0 Å². The fourth-order valence-electron chi connectivity index (χ4n) is 6.26. The van der Waals surface area contributed by atoms with Gasteiger partial charge in [0, 0.05) is 32.6 Å². The van der Waals surface area contributed by atoms with E-state index in [1.165, 1.54) is 23.8 Å². The van der Waals surface area contributed by atoms with Gasteiger partial charge in [0.1, 0.15) is 6.54 Å². The van der Waals surface area contributed by atoms with Gasteiger partial charge in [-0.15, -0.1) is 0 Å². The van der Waals surface area contributed by atoms with Gasteiger partial charge in [0.2, 0.25) is 11.8 Å². The third-order valence-electron chi connectivity index (χ3n) is 8.05. The molecule has 1 aromatic carbocycles. The quantitative estimate of drug-likeness (QED) is 0.716. The smallest absolute Gasteiger partial charge is 0.408 e. The first-order valence-electron chi connectivity index (χ1n) is 12.2. The molecule has 3 aliphatic rings. The zero-order chi connectivity index (χ0) is 22.1. The van der Waals surface area contributed by atoms with E-state index in [1.807, 2.05) is 28.0 Å². The molecule has 0 bridgehead atoms. The van der Waals surface area contributed by atoms with Crippen LogP contribution in [0.1, 0.15) is 57.8 Å². The molecule has 3 heterocycles. The number of oxazole rings is 1. The molecule has 2 aromatic rings. The molecule has 0 N–H and O–H groups in total. The predicted molar refractivity (Wildman–Crippen MR) is 121 cm³/mol. The Labute approximate surface area is 188 Å². The van der Waals surface area contributed by atoms with Crippen LogP contribution in [0, 0.1) is 11.3 Å². The summed E-state index contributed by atoms with van der Waals surface area (Å²) in [6.45, 7) is 3.24. The number of fused-ring (bicyclic) bond motifs is 1. The van der Waals surface area contributed by atoms with Crippen molar-refractivity contribution in [1.82, 2.24) is 14.4 Å². The number of nitrogens with zero attached hydrogens (tertiary/aromatic N) is 3. The second-order valence-electron chi connectivity index (χ2n) is 9.94. The van der Waals surface area contributed by atoms with Crippen molar-refractivity contribution in [2.45, 2.75) is 64.3 Å². The minimum Gasteiger partial charge on any atom is -0.408 e. The van der Waals surface area contributed by atoms with Crippen molar-refractivity contribution in [2.75, 3.05) is 26.2 Å². The highest BCUT2D eigenvalue weighted by Gasteiger charge is 2.48. The molecule has 1 aliphatic carbocycles. The summed E-state index contributed by atoms with van der Waals surface area (Å²) in [7, 11) is 0. The van der Waals surface area contributed by atoms with E-state index in [4.69, 9.17) is 4.42 Å². The summed E-state index contributed by atoms with van der Waals surface area (Å²) in [6, 6.07) is 7.22. The van der Waals surface area contributed by atoms with Crippen molar-refractivity contribution in [3.05, 3.63) is 34.8 Å². The van der Waals surface area contributed by atoms with E-state index < -0.39 is 5.76 Å². The highest BCUT2D eigenvalue weighted by Crippen LogP contribution is 2.49. The Morgan fingerprint density at radius 1 is 0.969 bits per heavy atom. The number of para-hydroxylation sites is 2. The SMILES string of the molecule is O=C(CCC1CN(C(=O)Cn2c(=O)oc3ccccc32)CC12CCCCC2)N1CCCC1. The van der Waals surface area contributed by atoms with Crippen LogP contribution in [0.3, 0.4) is 0 Å². The first-order chi connectivity index (χ1) is 15.6. The molecule has 172 valence electrons. The lowest BCUT2D eigenvalue weighted by atomic mass is 9.66. The lowest BCUT2D eigenvalue weighted by Crippen LogP contribution is -2.37. The van der Waals surface area contributed by atoms with Crippen LogP contribution in [0.15, 0.2) is 33.5 Å². The Balaban J connectivity index is 1.30. The normalized spacial score (nSPS) is 22.8. The third kappa shape index (κ3) is 3.97. The molecule has 5 rings (SSSR count). The lowest BCUT2D eigenvalue weighted by Gasteiger charge is -2.38. The van der Waals surface area contributed by atoms with Gasteiger partial charge in [0.15, 0.2) is 5.58 Å². The van der Waals surface area contributed by atoms with E-state index in [1.54, 1.807) is 6.07 Å². The van der Waals surface area contributed by atoms with Crippen LogP contribution in [0.25, 0.3) is 11.1 Å². The largest absolute Gasteiger partial charge is 0.420 e. The average Bonchev–Trinajstić information content (AvgIpc) is 3.52. The van der Waals surface area contributed by atoms with E-state index in [-0.39, 0.29) is 23.8 Å². The second-order valence-corrected chi connectivity index (χ2v) is 9.94. The first-order valence-corrected chi connectivity index (χ1v) is 12.2. The van der Waals surface area contributed by atoms with Gasteiger partial charge in [0.25, 0.3) is 0 Å². The number of carbonyl (C=O) groups excluding carboxylic acids is 2. The summed E-state index contributed by atoms with van der Waals surface area (Å²) in [4.78, 5) is 42.2. The Morgan fingerprint density at radius 2 is 1.72 bits per heavy atom. The molecular formula is C25H33N3O4. The summed E-state index contributed by atoms with van der Waals surface area (Å²) in [5.41, 5.74) is 1.29. The maximum atomic E-state index is 13.3. The highest BCUT2D eigenvalue weighted by molar-refractivity contribution is 5.80. The van der Waals surface area contributed by atoms with Gasteiger partial charge in [-0.3, -0.25) is 14.2 Å². The van der Waals surface area contributed by atoms with E-state index in [2.05, 4.69) is 0 Å². The lowest BCUT2D eigenvalue weighted by molar-refractivity contribution is -0.131. The molecule has 7 nitrogen and oxygen atoms in total. The molecule has 2 saturated heterocycles. The Bertz CT molecular complexity index is 1040. The molecular weight excluding hydrogens is 406 g/mol. The molecule has 2 amide bonds. The molecule has 1 spiro atoms. The van der Waals surface area contributed by atoms with Gasteiger partial charge in [-0.1, -0.05) is 31.4 Å². The number of rotatable bonds is 5. The Morgan fingerprint density at radius 3 is 2.50 bits per heavy atom. The molecule has 1 saturated carbocycles. The summed E-state index contributed by atoms with van der Waals surface area (Å²) in [6.07, 6.45) is 9.59. The molecule has 32 heavy (non-hydrogen) atoms. The maximum Gasteiger partial charge on any atom is 0.420 e. The van der Waals surface area contributed by atoms with Crippen molar-refractivity contribution in [2.24, 2.45) is 11.3 Å². The van der Waals surface area contributed by atoms with Crippen molar-refractivity contribution < 1.29 is 14.0 Å². The average molecular weight is 440 g/mol. The van der Waals surface area contributed by atoms with Gasteiger partial charge in [-0.25, -0.2) is 4.79 Å². The monoisotopic (exact) mass is 439 g/mol.